The summed E-state index contributed by atoms with van der Waals surface area (Å²) >= 11 is 5.96. The lowest BCUT2D eigenvalue weighted by Crippen LogP contribution is -2.36. The number of sulfonamides is 1. The van der Waals surface area contributed by atoms with Gasteiger partial charge in [-0.2, -0.15) is 4.31 Å². The number of oxazole rings is 1. The Labute approximate surface area is 145 Å². The fraction of sp³-hybridized carbons (Fsp3) is 0.400. The van der Waals surface area contributed by atoms with E-state index in [1.807, 2.05) is 0 Å². The second-order valence-electron chi connectivity index (χ2n) is 5.29. The Morgan fingerprint density at radius 3 is 2.88 bits per heavy atom. The molecule has 0 atom stereocenters. The maximum Gasteiger partial charge on any atom is 0.247 e. The standard InChI is InChI=1S/C15H17ClN2O5S/c1-21-9-15-17-11-8-18(6-5-12(11)23-15)24(19,20)14-7-10(16)3-4-13(14)22-2/h3-4,7H,5-6,8-9H2,1-2H3. The summed E-state index contributed by atoms with van der Waals surface area (Å²) < 4.78 is 43.0. The normalized spacial score (nSPS) is 15.3. The Bertz CT molecular complexity index is 850. The first-order valence-corrected chi connectivity index (χ1v) is 9.07. The van der Waals surface area contributed by atoms with Gasteiger partial charge in [0.25, 0.3) is 0 Å². The van der Waals surface area contributed by atoms with Crippen molar-refractivity contribution < 1.29 is 22.3 Å². The van der Waals surface area contributed by atoms with E-state index in [2.05, 4.69) is 4.98 Å². The van der Waals surface area contributed by atoms with Gasteiger partial charge in [-0.15, -0.1) is 0 Å². The van der Waals surface area contributed by atoms with E-state index in [1.54, 1.807) is 13.2 Å². The molecule has 2 aromatic rings. The Hall–Kier alpha value is -1.61. The molecule has 1 aliphatic rings. The predicted molar refractivity (Wildman–Crippen MR) is 86.5 cm³/mol. The molecule has 0 N–H and O–H groups in total. The van der Waals surface area contributed by atoms with Gasteiger partial charge in [0.15, 0.2) is 0 Å². The molecule has 0 unspecified atom stereocenters. The average molecular weight is 373 g/mol. The summed E-state index contributed by atoms with van der Waals surface area (Å²) in [4.78, 5) is 4.35. The molecule has 130 valence electrons. The predicted octanol–water partition coefficient (Wildman–Crippen LogP) is 2.23. The van der Waals surface area contributed by atoms with Gasteiger partial charge in [-0.3, -0.25) is 0 Å². The zero-order valence-corrected chi connectivity index (χ0v) is 14.9. The summed E-state index contributed by atoms with van der Waals surface area (Å²) in [6, 6.07) is 4.52. The third kappa shape index (κ3) is 3.14. The molecule has 7 nitrogen and oxygen atoms in total. The van der Waals surface area contributed by atoms with Crippen molar-refractivity contribution in [2.24, 2.45) is 0 Å². The third-order valence-electron chi connectivity index (χ3n) is 3.75. The van der Waals surface area contributed by atoms with Crippen LogP contribution in [0.4, 0.5) is 0 Å². The van der Waals surface area contributed by atoms with Crippen molar-refractivity contribution >= 4 is 21.6 Å². The molecular formula is C15H17ClN2O5S. The average Bonchev–Trinajstić information content (AvgIpc) is 2.96. The SMILES string of the molecule is COCc1nc2c(o1)CCN(S(=O)(=O)c1cc(Cl)ccc1OC)C2. The summed E-state index contributed by atoms with van der Waals surface area (Å²) in [7, 11) is -0.793. The quantitative estimate of drug-likeness (QED) is 0.800. The smallest absolute Gasteiger partial charge is 0.247 e. The van der Waals surface area contributed by atoms with Crippen LogP contribution in [-0.4, -0.2) is 38.5 Å². The van der Waals surface area contributed by atoms with Crippen LogP contribution in [0.2, 0.25) is 5.02 Å². The summed E-state index contributed by atoms with van der Waals surface area (Å²) in [5, 5.41) is 0.330. The summed E-state index contributed by atoms with van der Waals surface area (Å²) in [6.45, 7) is 0.690. The number of rotatable bonds is 5. The van der Waals surface area contributed by atoms with Crippen molar-refractivity contribution in [3.8, 4) is 5.75 Å². The lowest BCUT2D eigenvalue weighted by Gasteiger charge is -2.25. The maximum absolute atomic E-state index is 13.0. The molecule has 3 rings (SSSR count). The number of nitrogens with zero attached hydrogens (tertiary/aromatic N) is 2. The van der Waals surface area contributed by atoms with Crippen molar-refractivity contribution in [1.82, 2.24) is 9.29 Å². The highest BCUT2D eigenvalue weighted by Crippen LogP contribution is 2.32. The van der Waals surface area contributed by atoms with Crippen molar-refractivity contribution in [1.29, 1.82) is 0 Å². The van der Waals surface area contributed by atoms with Gasteiger partial charge in [0, 0.05) is 25.1 Å². The number of hydrogen-bond acceptors (Lipinski definition) is 6. The number of ether oxygens (including phenoxy) is 2. The highest BCUT2D eigenvalue weighted by molar-refractivity contribution is 7.89. The van der Waals surface area contributed by atoms with Crippen LogP contribution in [0.25, 0.3) is 0 Å². The van der Waals surface area contributed by atoms with E-state index in [0.717, 1.165) is 0 Å². The van der Waals surface area contributed by atoms with E-state index >= 15 is 0 Å². The first-order valence-electron chi connectivity index (χ1n) is 7.25. The maximum atomic E-state index is 13.0. The molecule has 0 fully saturated rings. The molecule has 0 saturated carbocycles. The van der Waals surface area contributed by atoms with Gasteiger partial charge in [-0.05, 0) is 18.2 Å². The van der Waals surface area contributed by atoms with Crippen LogP contribution in [0.1, 0.15) is 17.3 Å². The lowest BCUT2D eigenvalue weighted by atomic mass is 10.2. The van der Waals surface area contributed by atoms with Crippen molar-refractivity contribution in [2.75, 3.05) is 20.8 Å². The Morgan fingerprint density at radius 1 is 1.38 bits per heavy atom. The largest absolute Gasteiger partial charge is 0.495 e. The van der Waals surface area contributed by atoms with E-state index in [-0.39, 0.29) is 23.8 Å². The molecule has 9 heteroatoms. The number of hydrogen-bond donors (Lipinski definition) is 0. The van der Waals surface area contributed by atoms with Crippen LogP contribution in [0.3, 0.4) is 0 Å². The van der Waals surface area contributed by atoms with Crippen molar-refractivity contribution in [2.45, 2.75) is 24.5 Å². The van der Waals surface area contributed by atoms with Crippen LogP contribution in [0.15, 0.2) is 27.5 Å². The van der Waals surface area contributed by atoms with Gasteiger partial charge in [0.05, 0.1) is 19.3 Å². The number of halogens is 1. The molecule has 0 radical (unpaired) electrons. The highest BCUT2D eigenvalue weighted by Gasteiger charge is 2.33. The highest BCUT2D eigenvalue weighted by atomic mass is 35.5. The molecule has 1 aromatic heterocycles. The molecule has 2 heterocycles. The minimum atomic E-state index is -3.76. The van der Waals surface area contributed by atoms with Crippen LogP contribution in [0.5, 0.6) is 5.75 Å². The molecule has 0 saturated heterocycles. The number of aromatic nitrogens is 1. The summed E-state index contributed by atoms with van der Waals surface area (Å²) in [5.74, 6) is 1.40. The van der Waals surface area contributed by atoms with E-state index in [4.69, 9.17) is 25.5 Å². The molecular weight excluding hydrogens is 356 g/mol. The summed E-state index contributed by atoms with van der Waals surface area (Å²) in [5.41, 5.74) is 0.609. The topological polar surface area (TPSA) is 81.9 Å². The molecule has 0 amide bonds. The second-order valence-corrected chi connectivity index (χ2v) is 7.64. The Balaban J connectivity index is 1.92. The molecule has 0 aliphatic carbocycles. The van der Waals surface area contributed by atoms with Crippen molar-refractivity contribution in [3.05, 3.63) is 40.6 Å². The van der Waals surface area contributed by atoms with Gasteiger partial charge in [-0.25, -0.2) is 13.4 Å². The molecule has 24 heavy (non-hydrogen) atoms. The first-order chi connectivity index (χ1) is 11.5. The third-order valence-corrected chi connectivity index (χ3v) is 5.85. The minimum Gasteiger partial charge on any atom is -0.495 e. The first kappa shape index (κ1) is 17.2. The molecule has 1 aliphatic heterocycles. The van der Waals surface area contributed by atoms with Gasteiger partial charge < -0.3 is 13.9 Å². The fourth-order valence-corrected chi connectivity index (χ4v) is 4.43. The van der Waals surface area contributed by atoms with Gasteiger partial charge >= 0.3 is 0 Å². The number of fused-ring (bicyclic) bond motifs is 1. The number of benzene rings is 1. The van der Waals surface area contributed by atoms with E-state index in [1.165, 1.54) is 23.5 Å². The van der Waals surface area contributed by atoms with Crippen LogP contribution < -0.4 is 4.74 Å². The molecule has 1 aromatic carbocycles. The van der Waals surface area contributed by atoms with E-state index < -0.39 is 10.0 Å². The fourth-order valence-electron chi connectivity index (χ4n) is 2.61. The van der Waals surface area contributed by atoms with Gasteiger partial charge in [-0.1, -0.05) is 11.6 Å². The second kappa shape index (κ2) is 6.72. The van der Waals surface area contributed by atoms with E-state index in [9.17, 15) is 8.42 Å². The Kier molecular flexibility index (Phi) is 4.82. The zero-order chi connectivity index (χ0) is 17.3. The van der Waals surface area contributed by atoms with Crippen LogP contribution in [-0.2, 0) is 34.3 Å². The monoisotopic (exact) mass is 372 g/mol. The minimum absolute atomic E-state index is 0.0431. The Morgan fingerprint density at radius 2 is 2.17 bits per heavy atom. The van der Waals surface area contributed by atoms with Gasteiger partial charge in [0.1, 0.15) is 23.0 Å². The molecule has 0 spiro atoms. The van der Waals surface area contributed by atoms with Gasteiger partial charge in [0.2, 0.25) is 15.9 Å². The lowest BCUT2D eigenvalue weighted by molar-refractivity contribution is 0.158. The zero-order valence-electron chi connectivity index (χ0n) is 13.3. The van der Waals surface area contributed by atoms with E-state index in [0.29, 0.717) is 35.3 Å². The number of methoxy groups -OCH3 is 2. The van der Waals surface area contributed by atoms with Crippen molar-refractivity contribution in [3.63, 3.8) is 0 Å². The summed E-state index contributed by atoms with van der Waals surface area (Å²) in [6.07, 6.45) is 0.453. The van der Waals surface area contributed by atoms with Crippen LogP contribution >= 0.6 is 11.6 Å². The molecule has 0 bridgehead atoms. The van der Waals surface area contributed by atoms with Crippen LogP contribution in [0, 0.1) is 0 Å².